The lowest BCUT2D eigenvalue weighted by Crippen LogP contribution is -2.41. The first kappa shape index (κ1) is 9.81. The molecule has 1 heterocycles. The predicted molar refractivity (Wildman–Crippen MR) is 57.0 cm³/mol. The molecule has 2 nitrogen and oxygen atoms in total. The fourth-order valence-electron chi connectivity index (χ4n) is 2.14. The Morgan fingerprint density at radius 2 is 1.92 bits per heavy atom. The molecule has 1 saturated heterocycles. The van der Waals surface area contributed by atoms with Crippen molar-refractivity contribution in [1.29, 1.82) is 0 Å². The van der Waals surface area contributed by atoms with Gasteiger partial charge in [-0.3, -0.25) is 0 Å². The number of thioether (sulfide) groups is 1. The fraction of sp³-hybridized carbons (Fsp3) is 1.00. The highest BCUT2D eigenvalue weighted by Crippen LogP contribution is 2.34. The monoisotopic (exact) mass is 201 g/mol. The van der Waals surface area contributed by atoms with Crippen molar-refractivity contribution in [1.82, 2.24) is 0 Å². The summed E-state index contributed by atoms with van der Waals surface area (Å²) in [4.78, 5) is 0. The average molecular weight is 201 g/mol. The van der Waals surface area contributed by atoms with Gasteiger partial charge in [-0.1, -0.05) is 12.8 Å². The van der Waals surface area contributed by atoms with Gasteiger partial charge in [0.1, 0.15) is 0 Å². The van der Waals surface area contributed by atoms with Crippen LogP contribution in [0.5, 0.6) is 0 Å². The average Bonchev–Trinajstić information content (AvgIpc) is 2.61. The smallest absolute Gasteiger partial charge is 0.0600 e. The largest absolute Gasteiger partial charge is 0.380 e. The highest BCUT2D eigenvalue weighted by Gasteiger charge is 2.27. The zero-order valence-electron chi connectivity index (χ0n) is 8.08. The molecule has 2 rings (SSSR count). The first-order chi connectivity index (χ1) is 6.36. The summed E-state index contributed by atoms with van der Waals surface area (Å²) in [5.74, 6) is 0. The van der Waals surface area contributed by atoms with Gasteiger partial charge in [-0.15, -0.1) is 0 Å². The van der Waals surface area contributed by atoms with E-state index in [4.69, 9.17) is 10.5 Å². The van der Waals surface area contributed by atoms with Gasteiger partial charge in [-0.25, -0.2) is 0 Å². The molecule has 2 aliphatic rings. The summed E-state index contributed by atoms with van der Waals surface area (Å²) in [6.45, 7) is 1.74. The van der Waals surface area contributed by atoms with E-state index in [0.717, 1.165) is 24.9 Å². The van der Waals surface area contributed by atoms with Crippen molar-refractivity contribution in [2.24, 2.45) is 5.73 Å². The van der Waals surface area contributed by atoms with Crippen molar-refractivity contribution in [3.63, 3.8) is 0 Å². The van der Waals surface area contributed by atoms with E-state index in [2.05, 4.69) is 11.8 Å². The number of hydrogen-bond donors (Lipinski definition) is 1. The number of nitrogens with two attached hydrogens (primary N) is 1. The molecule has 0 bridgehead atoms. The first-order valence-electron chi connectivity index (χ1n) is 5.35. The summed E-state index contributed by atoms with van der Waals surface area (Å²) in [5.41, 5.74) is 6.06. The molecule has 1 aliphatic heterocycles. The Bertz CT molecular complexity index is 159. The number of ether oxygens (including phenoxy) is 1. The van der Waals surface area contributed by atoms with E-state index in [1.54, 1.807) is 0 Å². The van der Waals surface area contributed by atoms with Gasteiger partial charge in [-0.2, -0.15) is 11.8 Å². The Morgan fingerprint density at radius 3 is 2.62 bits per heavy atom. The van der Waals surface area contributed by atoms with E-state index in [0.29, 0.717) is 11.3 Å². The standard InChI is InChI=1S/C10H19NOS/c11-9-5-6-12-7-10(9)13-8-3-1-2-4-8/h8-10H,1-7,11H2. The van der Waals surface area contributed by atoms with Crippen LogP contribution >= 0.6 is 11.8 Å². The van der Waals surface area contributed by atoms with Crippen LogP contribution in [0.1, 0.15) is 32.1 Å². The molecule has 13 heavy (non-hydrogen) atoms. The first-order valence-corrected chi connectivity index (χ1v) is 6.29. The molecular formula is C10H19NOS. The van der Waals surface area contributed by atoms with E-state index < -0.39 is 0 Å². The summed E-state index contributed by atoms with van der Waals surface area (Å²) >= 11 is 2.09. The highest BCUT2D eigenvalue weighted by atomic mass is 32.2. The zero-order valence-corrected chi connectivity index (χ0v) is 8.89. The van der Waals surface area contributed by atoms with Gasteiger partial charge in [0.05, 0.1) is 6.61 Å². The van der Waals surface area contributed by atoms with Gasteiger partial charge < -0.3 is 10.5 Å². The van der Waals surface area contributed by atoms with Crippen molar-refractivity contribution in [3.8, 4) is 0 Å². The second-order valence-corrected chi connectivity index (χ2v) is 5.65. The third-order valence-electron chi connectivity index (χ3n) is 3.02. The lowest BCUT2D eigenvalue weighted by Gasteiger charge is -2.30. The second kappa shape index (κ2) is 4.67. The van der Waals surface area contributed by atoms with Crippen molar-refractivity contribution in [3.05, 3.63) is 0 Å². The minimum absolute atomic E-state index is 0.374. The van der Waals surface area contributed by atoms with Crippen LogP contribution in [0.3, 0.4) is 0 Å². The molecule has 0 spiro atoms. The Labute approximate surface area is 84.6 Å². The van der Waals surface area contributed by atoms with Crippen LogP contribution in [-0.2, 0) is 4.74 Å². The maximum atomic E-state index is 6.06. The molecule has 0 aromatic heterocycles. The minimum Gasteiger partial charge on any atom is -0.380 e. The van der Waals surface area contributed by atoms with Crippen molar-refractivity contribution >= 4 is 11.8 Å². The lowest BCUT2D eigenvalue weighted by molar-refractivity contribution is 0.0914. The maximum Gasteiger partial charge on any atom is 0.0600 e. The van der Waals surface area contributed by atoms with E-state index in [1.165, 1.54) is 25.7 Å². The van der Waals surface area contributed by atoms with Crippen LogP contribution in [0.25, 0.3) is 0 Å². The van der Waals surface area contributed by atoms with E-state index in [1.807, 2.05) is 0 Å². The molecule has 0 amide bonds. The topological polar surface area (TPSA) is 35.2 Å². The van der Waals surface area contributed by atoms with Crippen LogP contribution in [-0.4, -0.2) is 29.8 Å². The molecule has 2 unspecified atom stereocenters. The molecule has 0 aromatic rings. The molecule has 1 saturated carbocycles. The third-order valence-corrected chi connectivity index (χ3v) is 4.72. The third kappa shape index (κ3) is 2.61. The van der Waals surface area contributed by atoms with Crippen LogP contribution in [0.4, 0.5) is 0 Å². The maximum absolute atomic E-state index is 6.06. The zero-order chi connectivity index (χ0) is 9.10. The second-order valence-electron chi connectivity index (χ2n) is 4.11. The van der Waals surface area contributed by atoms with Gasteiger partial charge in [0.2, 0.25) is 0 Å². The summed E-state index contributed by atoms with van der Waals surface area (Å²) in [7, 11) is 0. The minimum atomic E-state index is 0.374. The number of hydrogen-bond acceptors (Lipinski definition) is 3. The molecule has 0 radical (unpaired) electrons. The van der Waals surface area contributed by atoms with Crippen molar-refractivity contribution in [2.75, 3.05) is 13.2 Å². The van der Waals surface area contributed by atoms with E-state index in [9.17, 15) is 0 Å². The van der Waals surface area contributed by atoms with Crippen LogP contribution in [0.2, 0.25) is 0 Å². The molecular weight excluding hydrogens is 182 g/mol. The fourth-order valence-corrected chi connectivity index (χ4v) is 3.75. The molecule has 76 valence electrons. The Kier molecular flexibility index (Phi) is 3.52. The lowest BCUT2D eigenvalue weighted by atomic mass is 10.1. The molecule has 2 N–H and O–H groups in total. The summed E-state index contributed by atoms with van der Waals surface area (Å²) in [6, 6.07) is 0.374. The Hall–Kier alpha value is 0.270. The van der Waals surface area contributed by atoms with Gasteiger partial charge in [0.15, 0.2) is 0 Å². The molecule has 1 aliphatic carbocycles. The molecule has 3 heteroatoms. The summed E-state index contributed by atoms with van der Waals surface area (Å²) < 4.78 is 5.46. The van der Waals surface area contributed by atoms with Gasteiger partial charge >= 0.3 is 0 Å². The van der Waals surface area contributed by atoms with Gasteiger partial charge in [0, 0.05) is 23.1 Å². The van der Waals surface area contributed by atoms with Crippen LogP contribution in [0.15, 0.2) is 0 Å². The van der Waals surface area contributed by atoms with Gasteiger partial charge in [-0.05, 0) is 19.3 Å². The highest BCUT2D eigenvalue weighted by molar-refractivity contribution is 8.00. The quantitative estimate of drug-likeness (QED) is 0.739. The predicted octanol–water partition coefficient (Wildman–Crippen LogP) is 1.78. The molecule has 2 atom stereocenters. The number of rotatable bonds is 2. The van der Waals surface area contributed by atoms with Crippen molar-refractivity contribution < 1.29 is 4.74 Å². The Balaban J connectivity index is 1.78. The molecule has 0 aromatic carbocycles. The van der Waals surface area contributed by atoms with Gasteiger partial charge in [0.25, 0.3) is 0 Å². The van der Waals surface area contributed by atoms with Crippen molar-refractivity contribution in [2.45, 2.75) is 48.6 Å². The van der Waals surface area contributed by atoms with Crippen LogP contribution in [0, 0.1) is 0 Å². The molecule has 2 fully saturated rings. The summed E-state index contributed by atoms with van der Waals surface area (Å²) in [5, 5.41) is 1.44. The SMILES string of the molecule is NC1CCOCC1SC1CCCC1. The van der Waals surface area contributed by atoms with Crippen LogP contribution < -0.4 is 5.73 Å². The summed E-state index contributed by atoms with van der Waals surface area (Å²) in [6.07, 6.45) is 6.67. The van der Waals surface area contributed by atoms with E-state index in [-0.39, 0.29) is 0 Å². The Morgan fingerprint density at radius 1 is 1.15 bits per heavy atom. The van der Waals surface area contributed by atoms with E-state index >= 15 is 0 Å². The normalized spacial score (nSPS) is 36.7.